The molecule has 0 aromatic carbocycles. The Bertz CT molecular complexity index is 481. The summed E-state index contributed by atoms with van der Waals surface area (Å²) >= 11 is 0. The first-order valence-corrected chi connectivity index (χ1v) is 11.8. The number of quaternary nitrogens is 2. The number of rotatable bonds is 8. The van der Waals surface area contributed by atoms with Gasteiger partial charge in [0.25, 0.3) is 0 Å². The number of carbonyl (C=O) groups is 1. The number of ketones is 1. The molecule has 6 atom stereocenters. The molecular weight excluding hydrogens is 356 g/mol. The highest BCUT2D eigenvalue weighted by Crippen LogP contribution is 2.30. The minimum atomic E-state index is -0.811. The van der Waals surface area contributed by atoms with Crippen LogP contribution in [0.5, 0.6) is 0 Å². The van der Waals surface area contributed by atoms with Crippen LogP contribution in [0.4, 0.5) is 0 Å². The maximum absolute atomic E-state index is 12.9. The molecule has 2 saturated carbocycles. The summed E-state index contributed by atoms with van der Waals surface area (Å²) in [6.07, 6.45) is 12.7. The Morgan fingerprint density at radius 2 is 1.86 bits per heavy atom. The van der Waals surface area contributed by atoms with Gasteiger partial charge in [-0.25, -0.2) is 10.4 Å². The van der Waals surface area contributed by atoms with Crippen molar-refractivity contribution in [3.8, 4) is 0 Å². The van der Waals surface area contributed by atoms with Gasteiger partial charge in [0.2, 0.25) is 0 Å². The third-order valence-electron chi connectivity index (χ3n) is 7.48. The Labute approximate surface area is 170 Å². The highest BCUT2D eigenvalue weighted by atomic mass is 16.8. The van der Waals surface area contributed by atoms with Crippen molar-refractivity contribution in [2.45, 2.75) is 89.7 Å². The molecule has 3 rings (SSSR count). The van der Waals surface area contributed by atoms with Crippen molar-refractivity contribution in [1.82, 2.24) is 0 Å². The van der Waals surface area contributed by atoms with E-state index in [-0.39, 0.29) is 17.8 Å². The first-order valence-electron chi connectivity index (χ1n) is 11.8. The number of Topliss-reactive ketones (excluding diaryl/α,β-unsaturated/α-hetero) is 1. The first kappa shape index (κ1) is 22.2. The van der Waals surface area contributed by atoms with Gasteiger partial charge in [-0.05, 0) is 44.9 Å². The smallest absolute Gasteiger partial charge is 0.190 e. The van der Waals surface area contributed by atoms with E-state index in [1.807, 2.05) is 6.92 Å². The lowest BCUT2D eigenvalue weighted by Gasteiger charge is -2.38. The molecule has 1 saturated heterocycles. The van der Waals surface area contributed by atoms with Gasteiger partial charge in [0, 0.05) is 24.9 Å². The summed E-state index contributed by atoms with van der Waals surface area (Å²) in [6.45, 7) is 5.27. The molecule has 6 nitrogen and oxygen atoms in total. The molecule has 2 aliphatic carbocycles. The van der Waals surface area contributed by atoms with E-state index in [4.69, 9.17) is 4.74 Å². The minimum Gasteiger partial charge on any atom is -0.600 e. The van der Waals surface area contributed by atoms with Gasteiger partial charge in [-0.1, -0.05) is 32.1 Å². The van der Waals surface area contributed by atoms with Crippen LogP contribution in [0.25, 0.3) is 0 Å². The maximum atomic E-state index is 12.9. The molecule has 0 radical (unpaired) electrons. The first-order chi connectivity index (χ1) is 13.6. The third-order valence-corrected chi connectivity index (χ3v) is 7.48. The van der Waals surface area contributed by atoms with Gasteiger partial charge in [-0.3, -0.25) is 4.79 Å². The molecule has 28 heavy (non-hydrogen) atoms. The summed E-state index contributed by atoms with van der Waals surface area (Å²) in [5, 5.41) is 20.4. The minimum absolute atomic E-state index is 0.0935. The number of hydrogen-bond donors (Lipinski definition) is 3. The Morgan fingerprint density at radius 3 is 2.57 bits per heavy atom. The summed E-state index contributed by atoms with van der Waals surface area (Å²) < 4.78 is 5.62. The van der Waals surface area contributed by atoms with E-state index in [2.05, 4.69) is 0 Å². The molecule has 1 heterocycles. The van der Waals surface area contributed by atoms with Gasteiger partial charge in [0.1, 0.15) is 18.7 Å². The van der Waals surface area contributed by atoms with Crippen LogP contribution in [0.2, 0.25) is 0 Å². The van der Waals surface area contributed by atoms with Crippen LogP contribution in [-0.2, 0) is 9.53 Å². The summed E-state index contributed by atoms with van der Waals surface area (Å²) in [5.41, 5.74) is 0. The van der Waals surface area contributed by atoms with Crippen molar-refractivity contribution >= 4 is 5.78 Å². The van der Waals surface area contributed by atoms with Gasteiger partial charge >= 0.3 is 0 Å². The number of piperidine rings is 1. The van der Waals surface area contributed by atoms with E-state index in [1.54, 1.807) is 0 Å². The van der Waals surface area contributed by atoms with Crippen LogP contribution in [0, 0.1) is 23.0 Å². The van der Waals surface area contributed by atoms with E-state index in [0.717, 1.165) is 31.3 Å². The molecule has 3 N–H and O–H groups in total. The van der Waals surface area contributed by atoms with Gasteiger partial charge in [0.05, 0.1) is 13.1 Å². The molecule has 162 valence electrons. The zero-order chi connectivity index (χ0) is 19.9. The number of ether oxygens (including phenoxy) is 1. The van der Waals surface area contributed by atoms with E-state index >= 15 is 0 Å². The fourth-order valence-corrected chi connectivity index (χ4v) is 6.01. The molecule has 6 heteroatoms. The lowest BCUT2D eigenvalue weighted by Crippen LogP contribution is -3.14. The van der Waals surface area contributed by atoms with E-state index < -0.39 is 11.3 Å². The molecule has 0 aromatic heterocycles. The van der Waals surface area contributed by atoms with Crippen molar-refractivity contribution in [1.29, 1.82) is 0 Å². The summed E-state index contributed by atoms with van der Waals surface area (Å²) in [4.78, 5) is 14.4. The molecule has 0 amide bonds. The average Bonchev–Trinajstić information content (AvgIpc) is 2.69. The van der Waals surface area contributed by atoms with Gasteiger partial charge in [-0.2, -0.15) is 0 Å². The SMILES string of the molecule is CCOC1CCC(C(=O)C[NH+]2CCCC(CC3CCCCC3)C2)CC1[NH+]([O-])O. The zero-order valence-electron chi connectivity index (χ0n) is 17.7. The maximum Gasteiger partial charge on any atom is 0.190 e. The predicted molar refractivity (Wildman–Crippen MR) is 107 cm³/mol. The Balaban J connectivity index is 1.46. The third kappa shape index (κ3) is 6.23. The van der Waals surface area contributed by atoms with Crippen LogP contribution < -0.4 is 10.1 Å². The summed E-state index contributed by atoms with van der Waals surface area (Å²) in [6, 6.07) is -0.530. The number of hydrogen-bond acceptors (Lipinski definition) is 4. The average molecular weight is 398 g/mol. The molecule has 1 aliphatic heterocycles. The number of nitrogens with one attached hydrogen (secondary N) is 2. The molecule has 0 aromatic rings. The molecular formula is C22H41N2O4+. The quantitative estimate of drug-likeness (QED) is 0.537. The fraction of sp³-hybridized carbons (Fsp3) is 0.955. The predicted octanol–water partition coefficient (Wildman–Crippen LogP) is 1.17. The second-order valence-electron chi connectivity index (χ2n) is 9.54. The fourth-order valence-electron chi connectivity index (χ4n) is 6.01. The topological polar surface area (TPSA) is 78.5 Å². The highest BCUT2D eigenvalue weighted by Gasteiger charge is 2.39. The Hall–Kier alpha value is -0.530. The highest BCUT2D eigenvalue weighted by molar-refractivity contribution is 5.82. The van der Waals surface area contributed by atoms with Crippen LogP contribution >= 0.6 is 0 Å². The normalized spacial score (nSPS) is 36.2. The lowest BCUT2D eigenvalue weighted by atomic mass is 9.79. The molecule has 3 fully saturated rings. The van der Waals surface area contributed by atoms with E-state index in [1.165, 1.54) is 56.3 Å². The van der Waals surface area contributed by atoms with Crippen molar-refractivity contribution < 1.29 is 24.9 Å². The molecule has 6 unspecified atom stereocenters. The molecule has 0 bridgehead atoms. The molecule has 0 spiro atoms. The second-order valence-corrected chi connectivity index (χ2v) is 9.54. The Morgan fingerprint density at radius 1 is 1.11 bits per heavy atom. The lowest BCUT2D eigenvalue weighted by molar-refractivity contribution is -1.07. The number of hydroxylamine groups is 2. The molecule has 3 aliphatic rings. The zero-order valence-corrected chi connectivity index (χ0v) is 17.7. The summed E-state index contributed by atoms with van der Waals surface area (Å²) in [7, 11) is 0. The van der Waals surface area contributed by atoms with Crippen LogP contribution in [0.3, 0.4) is 0 Å². The van der Waals surface area contributed by atoms with Crippen molar-refractivity contribution in [2.24, 2.45) is 17.8 Å². The van der Waals surface area contributed by atoms with Gasteiger partial charge in [-0.15, -0.1) is 0 Å². The van der Waals surface area contributed by atoms with Gasteiger partial charge < -0.3 is 14.8 Å². The number of likely N-dealkylation sites (tertiary alicyclic amines) is 1. The second kappa shape index (κ2) is 11.0. The largest absolute Gasteiger partial charge is 0.600 e. The van der Waals surface area contributed by atoms with Crippen LogP contribution in [-0.4, -0.2) is 49.4 Å². The van der Waals surface area contributed by atoms with Gasteiger partial charge in [0.15, 0.2) is 5.78 Å². The van der Waals surface area contributed by atoms with Crippen LogP contribution in [0.15, 0.2) is 0 Å². The standard InChI is InChI=1S/C22H40N2O4/c1-2-28-22-11-10-19(14-20(22)24(26)27)21(25)16-23-12-6-9-18(15-23)13-17-7-4-3-5-8-17/h17-20,22,24,26H,2-16H2,1H3/p+1. The van der Waals surface area contributed by atoms with Crippen molar-refractivity contribution in [3.63, 3.8) is 0 Å². The van der Waals surface area contributed by atoms with Crippen molar-refractivity contribution in [2.75, 3.05) is 26.2 Å². The van der Waals surface area contributed by atoms with E-state index in [9.17, 15) is 15.2 Å². The number of carbonyl (C=O) groups excluding carboxylic acids is 1. The Kier molecular flexibility index (Phi) is 8.72. The van der Waals surface area contributed by atoms with E-state index in [0.29, 0.717) is 26.0 Å². The van der Waals surface area contributed by atoms with Crippen LogP contribution in [0.1, 0.15) is 77.6 Å². The van der Waals surface area contributed by atoms with Crippen molar-refractivity contribution in [3.05, 3.63) is 5.21 Å². The summed E-state index contributed by atoms with van der Waals surface area (Å²) in [5.74, 6) is 1.89. The monoisotopic (exact) mass is 397 g/mol.